The van der Waals surface area contributed by atoms with Gasteiger partial charge in [-0.1, -0.05) is 39.5 Å². The standard InChI is InChI=1S/C6H14.2C5H5.Cr/c1-3-5-6-4-2;2*1-2-4-5-3-1;/h3-6H2,1-2H3;2*1-5H;/q;2*-1;+2. The fourth-order valence-corrected chi connectivity index (χ4v) is 1.14. The third-order valence-corrected chi connectivity index (χ3v) is 2.07. The minimum atomic E-state index is 0. The van der Waals surface area contributed by atoms with Crippen LogP contribution in [0.1, 0.15) is 39.5 Å². The summed E-state index contributed by atoms with van der Waals surface area (Å²) in [5.74, 6) is 0. The quantitative estimate of drug-likeness (QED) is 0.517. The maximum Gasteiger partial charge on any atom is 2.00 e. The molecule has 17 heavy (non-hydrogen) atoms. The first kappa shape index (κ1) is 18.6. The maximum absolute atomic E-state index is 2.23. The minimum Gasteiger partial charge on any atom is -0.214 e. The van der Waals surface area contributed by atoms with Crippen molar-refractivity contribution in [1.82, 2.24) is 0 Å². The topological polar surface area (TPSA) is 0 Å². The SMILES string of the molecule is CCCCCC.[Cr+2].c1cc[cH-]c1.c1cc[cH-]c1. The van der Waals surface area contributed by atoms with Gasteiger partial charge < -0.3 is 0 Å². The van der Waals surface area contributed by atoms with Crippen molar-refractivity contribution in [3.05, 3.63) is 60.7 Å². The molecular weight excluding hydrogens is 244 g/mol. The molecule has 0 heterocycles. The number of rotatable bonds is 3. The maximum atomic E-state index is 2.23. The zero-order chi connectivity index (χ0) is 11.9. The van der Waals surface area contributed by atoms with Crippen LogP contribution in [0.15, 0.2) is 60.7 Å². The van der Waals surface area contributed by atoms with E-state index >= 15 is 0 Å². The van der Waals surface area contributed by atoms with Crippen molar-refractivity contribution in [2.75, 3.05) is 0 Å². The number of hydrogen-bond donors (Lipinski definition) is 0. The van der Waals surface area contributed by atoms with Gasteiger partial charge in [-0.3, -0.25) is 0 Å². The predicted octanol–water partition coefficient (Wildman–Crippen LogP) is 5.40. The fraction of sp³-hybridized carbons (Fsp3) is 0.375. The zero-order valence-corrected chi connectivity index (χ0v) is 12.3. The molecule has 0 aliphatic heterocycles. The van der Waals surface area contributed by atoms with Crippen LogP contribution in [0.25, 0.3) is 0 Å². The molecule has 2 aromatic rings. The summed E-state index contributed by atoms with van der Waals surface area (Å²) in [6.07, 6.45) is 5.54. The molecule has 0 saturated carbocycles. The molecule has 0 saturated heterocycles. The second kappa shape index (κ2) is 17.6. The molecule has 0 bridgehead atoms. The molecule has 2 rings (SSSR count). The van der Waals surface area contributed by atoms with Crippen LogP contribution in [0.2, 0.25) is 0 Å². The molecule has 0 radical (unpaired) electrons. The van der Waals surface area contributed by atoms with E-state index < -0.39 is 0 Å². The van der Waals surface area contributed by atoms with Gasteiger partial charge in [0.25, 0.3) is 0 Å². The van der Waals surface area contributed by atoms with Gasteiger partial charge in [0.2, 0.25) is 0 Å². The third kappa shape index (κ3) is 17.8. The van der Waals surface area contributed by atoms with Crippen LogP contribution in [-0.4, -0.2) is 0 Å². The minimum absolute atomic E-state index is 0. The third-order valence-electron chi connectivity index (χ3n) is 2.07. The van der Waals surface area contributed by atoms with Crippen molar-refractivity contribution in [2.24, 2.45) is 0 Å². The van der Waals surface area contributed by atoms with E-state index in [9.17, 15) is 0 Å². The monoisotopic (exact) mass is 268 g/mol. The molecule has 0 spiro atoms. The van der Waals surface area contributed by atoms with E-state index in [1.54, 1.807) is 0 Å². The molecule has 0 unspecified atom stereocenters. The Kier molecular flexibility index (Phi) is 19.3. The van der Waals surface area contributed by atoms with Crippen LogP contribution in [0.4, 0.5) is 0 Å². The van der Waals surface area contributed by atoms with Crippen LogP contribution in [0.5, 0.6) is 0 Å². The van der Waals surface area contributed by atoms with Crippen molar-refractivity contribution in [2.45, 2.75) is 39.5 Å². The van der Waals surface area contributed by atoms with Crippen molar-refractivity contribution in [3.8, 4) is 0 Å². The predicted molar refractivity (Wildman–Crippen MR) is 73.9 cm³/mol. The number of unbranched alkanes of at least 4 members (excludes halogenated alkanes) is 3. The first-order valence-corrected chi connectivity index (χ1v) is 6.25. The summed E-state index contributed by atoms with van der Waals surface area (Å²) in [7, 11) is 0. The van der Waals surface area contributed by atoms with Crippen LogP contribution in [0.3, 0.4) is 0 Å². The van der Waals surface area contributed by atoms with Crippen LogP contribution >= 0.6 is 0 Å². The first-order valence-electron chi connectivity index (χ1n) is 6.25. The molecule has 0 atom stereocenters. The Hall–Kier alpha value is -0.768. The second-order valence-corrected chi connectivity index (χ2v) is 3.63. The average Bonchev–Trinajstić information content (AvgIpc) is 3.00. The summed E-state index contributed by atoms with van der Waals surface area (Å²) < 4.78 is 0. The Labute approximate surface area is 118 Å². The van der Waals surface area contributed by atoms with Crippen molar-refractivity contribution < 1.29 is 17.4 Å². The summed E-state index contributed by atoms with van der Waals surface area (Å²) >= 11 is 0. The van der Waals surface area contributed by atoms with Gasteiger partial charge in [-0.15, -0.1) is 0 Å². The summed E-state index contributed by atoms with van der Waals surface area (Å²) in [4.78, 5) is 0. The van der Waals surface area contributed by atoms with Gasteiger partial charge in [-0.25, -0.2) is 24.3 Å². The number of hydrogen-bond acceptors (Lipinski definition) is 0. The summed E-state index contributed by atoms with van der Waals surface area (Å²) in [5.41, 5.74) is 0. The van der Waals surface area contributed by atoms with E-state index in [0.717, 1.165) is 0 Å². The normalized spacial score (nSPS) is 7.88. The van der Waals surface area contributed by atoms with E-state index in [4.69, 9.17) is 0 Å². The Balaban J connectivity index is 0. The van der Waals surface area contributed by atoms with Gasteiger partial charge in [0.05, 0.1) is 0 Å². The van der Waals surface area contributed by atoms with Crippen LogP contribution in [0, 0.1) is 0 Å². The average molecular weight is 268 g/mol. The molecule has 94 valence electrons. The van der Waals surface area contributed by atoms with Gasteiger partial charge in [0, 0.05) is 0 Å². The van der Waals surface area contributed by atoms with Crippen molar-refractivity contribution in [1.29, 1.82) is 0 Å². The fourth-order valence-electron chi connectivity index (χ4n) is 1.14. The second-order valence-electron chi connectivity index (χ2n) is 3.63. The van der Waals surface area contributed by atoms with Crippen molar-refractivity contribution in [3.63, 3.8) is 0 Å². The van der Waals surface area contributed by atoms with Crippen molar-refractivity contribution >= 4 is 0 Å². The van der Waals surface area contributed by atoms with E-state index in [1.807, 2.05) is 60.7 Å². The molecule has 0 aromatic heterocycles. The Morgan fingerprint density at radius 1 is 0.647 bits per heavy atom. The summed E-state index contributed by atoms with van der Waals surface area (Å²) in [6.45, 7) is 4.46. The molecule has 0 aliphatic carbocycles. The smallest absolute Gasteiger partial charge is 0.214 e. The van der Waals surface area contributed by atoms with Gasteiger partial charge >= 0.3 is 17.4 Å². The molecule has 0 aliphatic rings. The van der Waals surface area contributed by atoms with E-state index in [2.05, 4.69) is 13.8 Å². The summed E-state index contributed by atoms with van der Waals surface area (Å²) in [5, 5.41) is 0. The van der Waals surface area contributed by atoms with E-state index in [1.165, 1.54) is 25.7 Å². The van der Waals surface area contributed by atoms with Crippen LogP contribution in [-0.2, 0) is 17.4 Å². The van der Waals surface area contributed by atoms with Crippen LogP contribution < -0.4 is 0 Å². The molecule has 0 N–H and O–H groups in total. The van der Waals surface area contributed by atoms with Gasteiger partial charge in [0.15, 0.2) is 0 Å². The van der Waals surface area contributed by atoms with E-state index in [0.29, 0.717) is 0 Å². The Bertz CT molecular complexity index is 191. The van der Waals surface area contributed by atoms with Gasteiger partial charge in [-0.2, -0.15) is 36.4 Å². The molecule has 0 amide bonds. The zero-order valence-electron chi connectivity index (χ0n) is 11.0. The molecule has 1 heteroatoms. The first-order chi connectivity index (χ1) is 7.91. The van der Waals surface area contributed by atoms with E-state index in [-0.39, 0.29) is 17.4 Å². The molecule has 0 nitrogen and oxygen atoms in total. The van der Waals surface area contributed by atoms with Gasteiger partial charge in [-0.05, 0) is 0 Å². The Morgan fingerprint density at radius 2 is 0.941 bits per heavy atom. The summed E-state index contributed by atoms with van der Waals surface area (Å²) in [6, 6.07) is 20.0. The van der Waals surface area contributed by atoms with Gasteiger partial charge in [0.1, 0.15) is 0 Å². The molecule has 2 aromatic carbocycles. The Morgan fingerprint density at radius 3 is 1.06 bits per heavy atom. The molecule has 0 fully saturated rings. The molecular formula is C16H24Cr. The largest absolute Gasteiger partial charge is 2.00 e.